The highest BCUT2D eigenvalue weighted by Crippen LogP contribution is 2.20. The molecule has 0 radical (unpaired) electrons. The first-order chi connectivity index (χ1) is 8.70. The van der Waals surface area contributed by atoms with Crippen LogP contribution in [0.5, 0.6) is 5.75 Å². The molecule has 0 amide bonds. The highest BCUT2D eigenvalue weighted by atomic mass is 32.1. The second-order valence-corrected chi connectivity index (χ2v) is 5.21. The lowest BCUT2D eigenvalue weighted by Gasteiger charge is -2.11. The molecule has 2 rings (SSSR count). The molecule has 0 saturated heterocycles. The fourth-order valence-electron chi connectivity index (χ4n) is 1.78. The van der Waals surface area contributed by atoms with Crippen molar-refractivity contribution < 1.29 is 4.74 Å². The summed E-state index contributed by atoms with van der Waals surface area (Å²) in [7, 11) is 0. The molecule has 0 aliphatic rings. The van der Waals surface area contributed by atoms with E-state index in [9.17, 15) is 0 Å². The first kappa shape index (κ1) is 13.1. The third-order valence-electron chi connectivity index (χ3n) is 2.87. The van der Waals surface area contributed by atoms with Gasteiger partial charge in [-0.1, -0.05) is 12.1 Å². The summed E-state index contributed by atoms with van der Waals surface area (Å²) in [6.07, 6.45) is 0.897. The Hall–Kier alpha value is -1.39. The van der Waals surface area contributed by atoms with Gasteiger partial charge in [0.15, 0.2) is 0 Å². The number of ether oxygens (including phenoxy) is 1. The number of thiazole rings is 1. The molecule has 96 valence electrons. The van der Waals surface area contributed by atoms with Gasteiger partial charge < -0.3 is 10.5 Å². The molecule has 0 saturated carbocycles. The predicted octanol–water partition coefficient (Wildman–Crippen LogP) is 2.84. The van der Waals surface area contributed by atoms with E-state index in [4.69, 9.17) is 10.5 Å². The van der Waals surface area contributed by atoms with Crippen LogP contribution in [0.2, 0.25) is 0 Å². The Morgan fingerprint density at radius 3 is 2.83 bits per heavy atom. The van der Waals surface area contributed by atoms with Crippen LogP contribution in [0.1, 0.15) is 21.7 Å². The van der Waals surface area contributed by atoms with E-state index in [1.165, 1.54) is 10.4 Å². The Morgan fingerprint density at radius 1 is 1.33 bits per heavy atom. The molecule has 0 atom stereocenters. The summed E-state index contributed by atoms with van der Waals surface area (Å²) < 4.78 is 5.84. The van der Waals surface area contributed by atoms with Crippen molar-refractivity contribution in [2.75, 3.05) is 6.61 Å². The molecule has 0 aliphatic heterocycles. The fraction of sp³-hybridized carbons (Fsp3) is 0.357. The molecule has 1 heterocycles. The Labute approximate surface area is 112 Å². The maximum atomic E-state index is 5.84. The number of rotatable bonds is 5. The van der Waals surface area contributed by atoms with Crippen LogP contribution < -0.4 is 10.5 Å². The van der Waals surface area contributed by atoms with Gasteiger partial charge in [0.25, 0.3) is 0 Å². The van der Waals surface area contributed by atoms with Crippen LogP contribution in [0.4, 0.5) is 0 Å². The van der Waals surface area contributed by atoms with Crippen LogP contribution in [0.3, 0.4) is 0 Å². The van der Waals surface area contributed by atoms with E-state index >= 15 is 0 Å². The van der Waals surface area contributed by atoms with Crippen LogP contribution in [-0.4, -0.2) is 11.6 Å². The summed E-state index contributed by atoms with van der Waals surface area (Å²) in [6.45, 7) is 5.26. The highest BCUT2D eigenvalue weighted by molar-refractivity contribution is 7.09. The third-order valence-corrected chi connectivity index (χ3v) is 3.87. The summed E-state index contributed by atoms with van der Waals surface area (Å²) in [4.78, 5) is 5.52. The van der Waals surface area contributed by atoms with E-state index in [0.717, 1.165) is 23.4 Å². The Bertz CT molecular complexity index is 522. The van der Waals surface area contributed by atoms with Crippen LogP contribution >= 0.6 is 11.3 Å². The molecule has 4 heteroatoms. The first-order valence-electron chi connectivity index (χ1n) is 6.02. The number of nitrogens with two attached hydrogens (primary N) is 1. The zero-order valence-electron chi connectivity index (χ0n) is 10.8. The predicted molar refractivity (Wildman–Crippen MR) is 75.1 cm³/mol. The quantitative estimate of drug-likeness (QED) is 0.901. The number of benzene rings is 1. The number of aryl methyl sites for hydroxylation is 2. The normalized spacial score (nSPS) is 10.6. The number of aromatic nitrogens is 1. The van der Waals surface area contributed by atoms with E-state index in [1.54, 1.807) is 11.3 Å². The topological polar surface area (TPSA) is 48.1 Å². The van der Waals surface area contributed by atoms with Gasteiger partial charge >= 0.3 is 0 Å². The third kappa shape index (κ3) is 3.09. The van der Waals surface area contributed by atoms with Gasteiger partial charge in [-0.3, -0.25) is 0 Å². The summed E-state index contributed by atoms with van der Waals surface area (Å²) in [6, 6.07) is 6.13. The van der Waals surface area contributed by atoms with Gasteiger partial charge in [0.1, 0.15) is 5.75 Å². The average molecular weight is 262 g/mol. The second-order valence-electron chi connectivity index (χ2n) is 4.27. The van der Waals surface area contributed by atoms with Gasteiger partial charge in [0, 0.05) is 23.4 Å². The minimum Gasteiger partial charge on any atom is -0.493 e. The Balaban J connectivity index is 1.98. The van der Waals surface area contributed by atoms with Gasteiger partial charge in [-0.25, -0.2) is 4.98 Å². The molecule has 2 N–H and O–H groups in total. The zero-order valence-corrected chi connectivity index (χ0v) is 11.6. The minimum absolute atomic E-state index is 0.509. The molecule has 1 aromatic carbocycles. The first-order valence-corrected chi connectivity index (χ1v) is 6.90. The molecular weight excluding hydrogens is 244 g/mol. The smallest absolute Gasteiger partial charge is 0.124 e. The van der Waals surface area contributed by atoms with Crippen molar-refractivity contribution >= 4 is 11.3 Å². The molecule has 0 unspecified atom stereocenters. The zero-order chi connectivity index (χ0) is 13.0. The summed E-state index contributed by atoms with van der Waals surface area (Å²) in [5.74, 6) is 0.902. The van der Waals surface area contributed by atoms with Crippen molar-refractivity contribution in [2.45, 2.75) is 26.8 Å². The molecule has 3 nitrogen and oxygen atoms in total. The van der Waals surface area contributed by atoms with Crippen LogP contribution in [0.15, 0.2) is 23.7 Å². The van der Waals surface area contributed by atoms with Crippen molar-refractivity contribution in [2.24, 2.45) is 5.73 Å². The molecule has 18 heavy (non-hydrogen) atoms. The van der Waals surface area contributed by atoms with Crippen molar-refractivity contribution in [3.05, 3.63) is 45.4 Å². The number of hydrogen-bond acceptors (Lipinski definition) is 4. The van der Waals surface area contributed by atoms with Crippen LogP contribution in [0, 0.1) is 13.8 Å². The van der Waals surface area contributed by atoms with Crippen molar-refractivity contribution in [3.63, 3.8) is 0 Å². The van der Waals surface area contributed by atoms with Crippen molar-refractivity contribution in [1.82, 2.24) is 4.98 Å². The van der Waals surface area contributed by atoms with Crippen LogP contribution in [-0.2, 0) is 13.0 Å². The van der Waals surface area contributed by atoms with Gasteiger partial charge in [0.2, 0.25) is 0 Å². The molecular formula is C14H18N2OS. The summed E-state index contributed by atoms with van der Waals surface area (Å²) >= 11 is 1.68. The maximum absolute atomic E-state index is 5.84. The van der Waals surface area contributed by atoms with Gasteiger partial charge in [0.05, 0.1) is 17.8 Å². The Morgan fingerprint density at radius 2 is 2.17 bits per heavy atom. The lowest BCUT2D eigenvalue weighted by molar-refractivity contribution is 0.319. The lowest BCUT2D eigenvalue weighted by atomic mass is 10.1. The van der Waals surface area contributed by atoms with Crippen molar-refractivity contribution in [1.29, 1.82) is 0 Å². The van der Waals surface area contributed by atoms with Gasteiger partial charge in [-0.15, -0.1) is 11.3 Å². The molecule has 0 aliphatic carbocycles. The molecule has 0 bridgehead atoms. The molecule has 2 aromatic rings. The van der Waals surface area contributed by atoms with Gasteiger partial charge in [-0.2, -0.15) is 0 Å². The van der Waals surface area contributed by atoms with E-state index < -0.39 is 0 Å². The fourth-order valence-corrected chi connectivity index (χ4v) is 2.55. The summed E-state index contributed by atoms with van der Waals surface area (Å²) in [5.41, 5.74) is 10.9. The molecule has 1 aromatic heterocycles. The average Bonchev–Trinajstić information content (AvgIpc) is 2.76. The van der Waals surface area contributed by atoms with E-state index in [2.05, 4.69) is 18.0 Å². The number of nitrogens with zero attached hydrogens (tertiary/aromatic N) is 1. The monoisotopic (exact) mass is 262 g/mol. The van der Waals surface area contributed by atoms with E-state index in [-0.39, 0.29) is 0 Å². The van der Waals surface area contributed by atoms with E-state index in [1.807, 2.05) is 24.6 Å². The molecule has 0 spiro atoms. The Kier molecular flexibility index (Phi) is 4.33. The maximum Gasteiger partial charge on any atom is 0.124 e. The largest absolute Gasteiger partial charge is 0.493 e. The summed E-state index contributed by atoms with van der Waals surface area (Å²) in [5, 5.41) is 0. The SMILES string of the molecule is Cc1ccc(CN)c(OCCc2scnc2C)c1. The second kappa shape index (κ2) is 5.98. The van der Waals surface area contributed by atoms with Gasteiger partial charge in [-0.05, 0) is 25.5 Å². The van der Waals surface area contributed by atoms with E-state index in [0.29, 0.717) is 13.2 Å². The molecule has 0 fully saturated rings. The van der Waals surface area contributed by atoms with Crippen LogP contribution in [0.25, 0.3) is 0 Å². The van der Waals surface area contributed by atoms with Crippen molar-refractivity contribution in [3.8, 4) is 5.75 Å². The highest BCUT2D eigenvalue weighted by Gasteiger charge is 2.05. The number of hydrogen-bond donors (Lipinski definition) is 1. The minimum atomic E-state index is 0.509. The lowest BCUT2D eigenvalue weighted by Crippen LogP contribution is -2.06. The standard InChI is InChI=1S/C14H18N2OS/c1-10-3-4-12(8-15)13(7-10)17-6-5-14-11(2)16-9-18-14/h3-4,7,9H,5-6,8,15H2,1-2H3.